The van der Waals surface area contributed by atoms with Gasteiger partial charge in [0.2, 0.25) is 0 Å². The van der Waals surface area contributed by atoms with Crippen molar-refractivity contribution in [1.82, 2.24) is 9.88 Å². The van der Waals surface area contributed by atoms with Gasteiger partial charge in [0.25, 0.3) is 5.91 Å². The van der Waals surface area contributed by atoms with Crippen molar-refractivity contribution in [2.75, 3.05) is 7.11 Å². The number of hydrogen-bond acceptors (Lipinski definition) is 4. The third-order valence-corrected chi connectivity index (χ3v) is 3.45. The molecule has 0 bridgehead atoms. The second kappa shape index (κ2) is 7.49. The average Bonchev–Trinajstić information content (AvgIpc) is 2.98. The van der Waals surface area contributed by atoms with Crippen LogP contribution in [0.2, 0.25) is 0 Å². The molecule has 23 heavy (non-hydrogen) atoms. The van der Waals surface area contributed by atoms with Crippen LogP contribution in [0.5, 0.6) is 5.75 Å². The van der Waals surface area contributed by atoms with Crippen LogP contribution in [0.15, 0.2) is 42.6 Å². The van der Waals surface area contributed by atoms with Gasteiger partial charge in [-0.1, -0.05) is 18.2 Å². The molecule has 1 aromatic heterocycles. The Bertz CT molecular complexity index is 693. The van der Waals surface area contributed by atoms with E-state index in [9.17, 15) is 9.59 Å². The Hall–Kier alpha value is -2.76. The molecule has 1 atom stereocenters. The second-order valence-corrected chi connectivity index (χ2v) is 5.08. The maximum absolute atomic E-state index is 12.1. The molecule has 0 aliphatic carbocycles. The number of esters is 1. The van der Waals surface area contributed by atoms with E-state index in [1.165, 1.54) is 0 Å². The first-order valence-electron chi connectivity index (χ1n) is 7.25. The van der Waals surface area contributed by atoms with Gasteiger partial charge in [0, 0.05) is 25.4 Å². The van der Waals surface area contributed by atoms with E-state index in [1.807, 2.05) is 24.3 Å². The zero-order valence-corrected chi connectivity index (χ0v) is 13.4. The number of aryl methyl sites for hydroxylation is 1. The fourth-order valence-electron chi connectivity index (χ4n) is 2.12. The van der Waals surface area contributed by atoms with Crippen molar-refractivity contribution in [3.05, 3.63) is 53.9 Å². The van der Waals surface area contributed by atoms with Crippen LogP contribution in [0.25, 0.3) is 0 Å². The number of methoxy groups -OCH3 is 1. The Morgan fingerprint density at radius 1 is 1.22 bits per heavy atom. The van der Waals surface area contributed by atoms with Crippen molar-refractivity contribution in [3.8, 4) is 5.75 Å². The lowest BCUT2D eigenvalue weighted by molar-refractivity contribution is -0.129. The van der Waals surface area contributed by atoms with Gasteiger partial charge in [0.05, 0.1) is 7.11 Å². The predicted molar refractivity (Wildman–Crippen MR) is 85.1 cm³/mol. The third-order valence-electron chi connectivity index (χ3n) is 3.45. The van der Waals surface area contributed by atoms with Gasteiger partial charge in [0.1, 0.15) is 11.4 Å². The molecule has 6 nitrogen and oxygen atoms in total. The van der Waals surface area contributed by atoms with Crippen LogP contribution in [0.1, 0.15) is 23.0 Å². The van der Waals surface area contributed by atoms with Crippen LogP contribution in [0.3, 0.4) is 0 Å². The van der Waals surface area contributed by atoms with Crippen molar-refractivity contribution in [1.29, 1.82) is 0 Å². The highest BCUT2D eigenvalue weighted by Crippen LogP contribution is 2.16. The van der Waals surface area contributed by atoms with E-state index >= 15 is 0 Å². The Morgan fingerprint density at radius 2 is 1.96 bits per heavy atom. The number of para-hydroxylation sites is 1. The van der Waals surface area contributed by atoms with Crippen LogP contribution in [0.4, 0.5) is 0 Å². The Balaban J connectivity index is 1.90. The van der Waals surface area contributed by atoms with Gasteiger partial charge in [-0.2, -0.15) is 0 Å². The van der Waals surface area contributed by atoms with Gasteiger partial charge in [0.15, 0.2) is 6.10 Å². The minimum absolute atomic E-state index is 0.300. The number of carbonyl (C=O) groups excluding carboxylic acids is 2. The normalized spacial score (nSPS) is 11.6. The number of ether oxygens (including phenoxy) is 2. The summed E-state index contributed by atoms with van der Waals surface area (Å²) in [5, 5.41) is 2.74. The van der Waals surface area contributed by atoms with Crippen LogP contribution in [-0.2, 0) is 23.1 Å². The Morgan fingerprint density at radius 3 is 2.61 bits per heavy atom. The Kier molecular flexibility index (Phi) is 5.41. The van der Waals surface area contributed by atoms with Gasteiger partial charge < -0.3 is 19.4 Å². The molecule has 6 heteroatoms. The number of nitrogens with zero attached hydrogens (tertiary/aromatic N) is 1. The smallest absolute Gasteiger partial charge is 0.355 e. The van der Waals surface area contributed by atoms with Crippen LogP contribution in [-0.4, -0.2) is 29.7 Å². The predicted octanol–water partition coefficient (Wildman–Crippen LogP) is 1.90. The second-order valence-electron chi connectivity index (χ2n) is 5.08. The minimum Gasteiger partial charge on any atom is -0.496 e. The molecule has 0 aliphatic rings. The van der Waals surface area contributed by atoms with Crippen molar-refractivity contribution < 1.29 is 19.1 Å². The van der Waals surface area contributed by atoms with E-state index in [2.05, 4.69) is 5.32 Å². The van der Waals surface area contributed by atoms with Gasteiger partial charge >= 0.3 is 5.97 Å². The van der Waals surface area contributed by atoms with E-state index in [-0.39, 0.29) is 5.91 Å². The molecular weight excluding hydrogens is 296 g/mol. The number of aromatic nitrogens is 1. The fourth-order valence-corrected chi connectivity index (χ4v) is 2.12. The molecule has 1 amide bonds. The Labute approximate surface area is 135 Å². The van der Waals surface area contributed by atoms with E-state index in [4.69, 9.17) is 9.47 Å². The molecule has 0 spiro atoms. The first-order chi connectivity index (χ1) is 11.0. The highest BCUT2D eigenvalue weighted by molar-refractivity contribution is 5.91. The molecule has 0 fully saturated rings. The van der Waals surface area contributed by atoms with Crippen molar-refractivity contribution in [2.24, 2.45) is 7.05 Å². The van der Waals surface area contributed by atoms with Crippen molar-refractivity contribution >= 4 is 11.9 Å². The largest absolute Gasteiger partial charge is 0.496 e. The van der Waals surface area contributed by atoms with E-state index < -0.39 is 12.1 Å². The number of hydrogen-bond donors (Lipinski definition) is 1. The summed E-state index contributed by atoms with van der Waals surface area (Å²) in [4.78, 5) is 24.0. The van der Waals surface area contributed by atoms with E-state index in [0.717, 1.165) is 5.56 Å². The summed E-state index contributed by atoms with van der Waals surface area (Å²) < 4.78 is 12.0. The summed E-state index contributed by atoms with van der Waals surface area (Å²) in [6, 6.07) is 10.8. The SMILES string of the molecule is COc1ccccc1CNC(=O)C(C)OC(=O)c1cccn1C. The monoisotopic (exact) mass is 316 g/mol. The molecule has 1 heterocycles. The lowest BCUT2D eigenvalue weighted by Gasteiger charge is -2.14. The van der Waals surface area contributed by atoms with E-state index in [0.29, 0.717) is 18.0 Å². The summed E-state index contributed by atoms with van der Waals surface area (Å²) in [5.74, 6) is -0.197. The fraction of sp³-hybridized carbons (Fsp3) is 0.294. The molecule has 1 N–H and O–H groups in total. The van der Waals surface area contributed by atoms with Crippen molar-refractivity contribution in [3.63, 3.8) is 0 Å². The number of carbonyl (C=O) groups is 2. The topological polar surface area (TPSA) is 69.6 Å². The molecule has 0 radical (unpaired) electrons. The first kappa shape index (κ1) is 16.6. The lowest BCUT2D eigenvalue weighted by Crippen LogP contribution is -2.35. The van der Waals surface area contributed by atoms with Crippen LogP contribution >= 0.6 is 0 Å². The average molecular weight is 316 g/mol. The molecule has 2 rings (SSSR count). The summed E-state index contributed by atoms with van der Waals surface area (Å²) >= 11 is 0. The quantitative estimate of drug-likeness (QED) is 0.826. The van der Waals surface area contributed by atoms with Crippen LogP contribution < -0.4 is 10.1 Å². The third kappa shape index (κ3) is 4.12. The highest BCUT2D eigenvalue weighted by Gasteiger charge is 2.20. The molecule has 1 unspecified atom stereocenters. The number of rotatable bonds is 6. The van der Waals surface area contributed by atoms with Gasteiger partial charge in [-0.3, -0.25) is 4.79 Å². The molecule has 0 saturated heterocycles. The van der Waals surface area contributed by atoms with Crippen molar-refractivity contribution in [2.45, 2.75) is 19.6 Å². The molecule has 1 aromatic carbocycles. The standard InChI is InChI=1S/C17H20N2O4/c1-12(23-17(21)14-8-6-10-19(14)2)16(20)18-11-13-7-4-5-9-15(13)22-3/h4-10,12H,11H2,1-3H3,(H,18,20). The molecular formula is C17H20N2O4. The summed E-state index contributed by atoms with van der Waals surface area (Å²) in [7, 11) is 3.31. The number of benzene rings is 1. The van der Waals surface area contributed by atoms with Gasteiger partial charge in [-0.25, -0.2) is 4.79 Å². The molecule has 0 saturated carbocycles. The minimum atomic E-state index is -0.882. The maximum atomic E-state index is 12.1. The summed E-state index contributed by atoms with van der Waals surface area (Å²) in [6.07, 6.45) is 0.857. The number of amides is 1. The molecule has 0 aliphatic heterocycles. The lowest BCUT2D eigenvalue weighted by atomic mass is 10.2. The highest BCUT2D eigenvalue weighted by atomic mass is 16.5. The van der Waals surface area contributed by atoms with Gasteiger partial charge in [-0.15, -0.1) is 0 Å². The summed E-state index contributed by atoms with van der Waals surface area (Å²) in [5.41, 5.74) is 1.25. The van der Waals surface area contributed by atoms with E-state index in [1.54, 1.807) is 44.0 Å². The number of nitrogens with one attached hydrogen (secondary N) is 1. The molecule has 2 aromatic rings. The maximum Gasteiger partial charge on any atom is 0.355 e. The zero-order valence-electron chi connectivity index (χ0n) is 13.4. The first-order valence-corrected chi connectivity index (χ1v) is 7.25. The molecule has 122 valence electrons. The zero-order chi connectivity index (χ0) is 16.8. The summed E-state index contributed by atoms with van der Waals surface area (Å²) in [6.45, 7) is 1.84. The van der Waals surface area contributed by atoms with Gasteiger partial charge in [-0.05, 0) is 25.1 Å². The van der Waals surface area contributed by atoms with Crippen LogP contribution in [0, 0.1) is 0 Å².